The van der Waals surface area contributed by atoms with Crippen LogP contribution in [0, 0.1) is 0 Å². The fourth-order valence-corrected chi connectivity index (χ4v) is 3.34. The fourth-order valence-electron chi connectivity index (χ4n) is 2.26. The molecule has 0 aliphatic heterocycles. The normalized spacial score (nSPS) is 11.5. The van der Waals surface area contributed by atoms with Crippen LogP contribution in [0.4, 0.5) is 19.1 Å². The van der Waals surface area contributed by atoms with E-state index in [1.165, 1.54) is 20.3 Å². The number of carbonyl (C=O) groups excluding carboxylic acids is 2. The lowest BCUT2D eigenvalue weighted by molar-refractivity contribution is -0.147. The number of esters is 1. The molecule has 0 bridgehead atoms. The third kappa shape index (κ3) is 7.87. The van der Waals surface area contributed by atoms with Crippen molar-refractivity contribution in [2.45, 2.75) is 17.5 Å². The number of methoxy groups -OCH3 is 2. The van der Waals surface area contributed by atoms with E-state index < -0.39 is 58.1 Å². The molecule has 1 amide bonds. The van der Waals surface area contributed by atoms with Gasteiger partial charge in [0.1, 0.15) is 0 Å². The van der Waals surface area contributed by atoms with Crippen molar-refractivity contribution in [3.8, 4) is 11.8 Å². The van der Waals surface area contributed by atoms with Crippen LogP contribution < -0.4 is 19.5 Å². The molecule has 0 spiro atoms. The fraction of sp³-hybridized carbons (Fsp3) is 0.333. The van der Waals surface area contributed by atoms with Crippen molar-refractivity contribution >= 4 is 27.8 Å². The second-order valence-corrected chi connectivity index (χ2v) is 7.93. The highest BCUT2D eigenvalue weighted by Crippen LogP contribution is 2.30. The number of aromatic nitrogens is 2. The number of nitrogens with one attached hydrogen (secondary N) is 2. The Balaban J connectivity index is 1.83. The lowest BCUT2D eigenvalue weighted by Gasteiger charge is -2.10. The lowest BCUT2D eigenvalue weighted by Crippen LogP contribution is -2.28. The van der Waals surface area contributed by atoms with E-state index in [-0.39, 0.29) is 17.7 Å². The number of nitrogens with zero attached hydrogens (tertiary/aromatic N) is 2. The first-order valence-electron chi connectivity index (χ1n) is 9.04. The highest BCUT2D eigenvalue weighted by molar-refractivity contribution is 7.89. The van der Waals surface area contributed by atoms with Gasteiger partial charge < -0.3 is 14.2 Å². The van der Waals surface area contributed by atoms with Crippen LogP contribution in [0.25, 0.3) is 0 Å². The van der Waals surface area contributed by atoms with Gasteiger partial charge in [-0.1, -0.05) is 6.07 Å². The number of ether oxygens (including phenoxy) is 3. The van der Waals surface area contributed by atoms with Gasteiger partial charge in [0.25, 0.3) is 5.91 Å². The smallest absolute Gasteiger partial charge is 0.416 e. The number of sulfonamides is 1. The minimum Gasteiger partial charge on any atom is -0.481 e. The van der Waals surface area contributed by atoms with Crippen molar-refractivity contribution in [3.05, 3.63) is 35.9 Å². The molecule has 1 aromatic carbocycles. The van der Waals surface area contributed by atoms with E-state index >= 15 is 0 Å². The first kappa shape index (κ1) is 25.8. The second-order valence-electron chi connectivity index (χ2n) is 6.16. The maximum atomic E-state index is 12.7. The summed E-state index contributed by atoms with van der Waals surface area (Å²) in [6, 6.07) is 4.51. The van der Waals surface area contributed by atoms with Crippen LogP contribution in [0.2, 0.25) is 0 Å². The molecular formula is C18H19F3N4O7S. The van der Waals surface area contributed by atoms with Gasteiger partial charge >= 0.3 is 12.1 Å². The topological polar surface area (TPSA) is 146 Å². The molecule has 2 aromatic rings. The summed E-state index contributed by atoms with van der Waals surface area (Å²) < 4.78 is 79.1. The van der Waals surface area contributed by atoms with Crippen LogP contribution in [0.15, 0.2) is 35.2 Å². The molecule has 0 aliphatic carbocycles. The Labute approximate surface area is 186 Å². The van der Waals surface area contributed by atoms with Gasteiger partial charge in [0, 0.05) is 6.54 Å². The molecule has 1 heterocycles. The van der Waals surface area contributed by atoms with E-state index in [2.05, 4.69) is 15.3 Å². The van der Waals surface area contributed by atoms with Gasteiger partial charge in [-0.25, -0.2) is 13.1 Å². The van der Waals surface area contributed by atoms with Crippen molar-refractivity contribution in [2.24, 2.45) is 0 Å². The number of halogens is 3. The van der Waals surface area contributed by atoms with Gasteiger partial charge in [0.2, 0.25) is 27.7 Å². The van der Waals surface area contributed by atoms with Crippen LogP contribution >= 0.6 is 0 Å². The summed E-state index contributed by atoms with van der Waals surface area (Å²) in [5.41, 5.74) is -1.13. The summed E-state index contributed by atoms with van der Waals surface area (Å²) in [6.07, 6.45) is -5.19. The third-order valence-corrected chi connectivity index (χ3v) is 5.26. The van der Waals surface area contributed by atoms with Crippen LogP contribution in [-0.2, 0) is 30.5 Å². The molecule has 0 atom stereocenters. The molecule has 0 unspecified atom stereocenters. The number of anilines is 1. The summed E-state index contributed by atoms with van der Waals surface area (Å²) in [5.74, 6) is -1.66. The number of alkyl halides is 3. The highest BCUT2D eigenvalue weighted by atomic mass is 32.2. The Kier molecular flexibility index (Phi) is 8.53. The van der Waals surface area contributed by atoms with Crippen molar-refractivity contribution in [1.82, 2.24) is 14.7 Å². The molecule has 1 aromatic heterocycles. The van der Waals surface area contributed by atoms with Gasteiger partial charge in [-0.2, -0.15) is 23.1 Å². The number of amides is 1. The number of benzene rings is 1. The van der Waals surface area contributed by atoms with Crippen LogP contribution in [-0.4, -0.2) is 57.6 Å². The minimum absolute atomic E-state index is 0.113. The molecule has 0 aliphatic rings. The van der Waals surface area contributed by atoms with Crippen molar-refractivity contribution in [3.63, 3.8) is 0 Å². The van der Waals surface area contributed by atoms with Gasteiger partial charge in [-0.15, -0.1) is 0 Å². The van der Waals surface area contributed by atoms with Crippen LogP contribution in [0.1, 0.15) is 12.0 Å². The third-order valence-electron chi connectivity index (χ3n) is 3.81. The highest BCUT2D eigenvalue weighted by Gasteiger charge is 2.31. The monoisotopic (exact) mass is 492 g/mol. The molecule has 33 heavy (non-hydrogen) atoms. The Morgan fingerprint density at radius 1 is 1.06 bits per heavy atom. The van der Waals surface area contributed by atoms with Crippen LogP contribution in [0.3, 0.4) is 0 Å². The SMILES string of the molecule is COc1cc(OC)nc(NC(=O)COC(=O)CCNS(=O)(=O)c2cccc(C(F)(F)F)c2)n1. The van der Waals surface area contributed by atoms with Gasteiger partial charge in [0.15, 0.2) is 6.61 Å². The van der Waals surface area contributed by atoms with Gasteiger partial charge in [-0.3, -0.25) is 14.9 Å². The van der Waals surface area contributed by atoms with Gasteiger partial charge in [-0.05, 0) is 18.2 Å². The van der Waals surface area contributed by atoms with E-state index in [0.717, 1.165) is 18.2 Å². The number of hydrogen-bond donors (Lipinski definition) is 2. The van der Waals surface area contributed by atoms with E-state index in [1.807, 2.05) is 4.72 Å². The Morgan fingerprint density at radius 3 is 2.27 bits per heavy atom. The maximum Gasteiger partial charge on any atom is 0.416 e. The quantitative estimate of drug-likeness (QED) is 0.470. The summed E-state index contributed by atoms with van der Waals surface area (Å²) in [7, 11) is -1.61. The molecule has 0 saturated carbocycles. The number of hydrogen-bond acceptors (Lipinski definition) is 9. The molecule has 0 saturated heterocycles. The van der Waals surface area contributed by atoms with Crippen molar-refractivity contribution < 1.29 is 45.4 Å². The first-order chi connectivity index (χ1) is 15.4. The predicted octanol–water partition coefficient (Wildman–Crippen LogP) is 1.36. The van der Waals surface area contributed by atoms with E-state index in [1.54, 1.807) is 0 Å². The van der Waals surface area contributed by atoms with E-state index in [4.69, 9.17) is 14.2 Å². The Hall–Kier alpha value is -3.46. The average Bonchev–Trinajstić information content (AvgIpc) is 2.76. The molecular weight excluding hydrogens is 473 g/mol. The molecule has 15 heteroatoms. The number of carbonyl (C=O) groups is 2. The maximum absolute atomic E-state index is 12.7. The zero-order valence-corrected chi connectivity index (χ0v) is 18.1. The lowest BCUT2D eigenvalue weighted by atomic mass is 10.2. The standard InChI is InChI=1S/C18H19F3N4O7S/c1-30-14-9-15(31-2)25-17(24-14)23-13(26)10-32-16(27)6-7-22-33(28,29)12-5-3-4-11(8-12)18(19,20)21/h3-5,8-9,22H,6-7,10H2,1-2H3,(H,23,24,25,26). The summed E-state index contributed by atoms with van der Waals surface area (Å²) in [4.78, 5) is 30.8. The molecule has 180 valence electrons. The summed E-state index contributed by atoms with van der Waals surface area (Å²) >= 11 is 0. The predicted molar refractivity (Wildman–Crippen MR) is 106 cm³/mol. The Morgan fingerprint density at radius 2 is 1.70 bits per heavy atom. The second kappa shape index (κ2) is 10.9. The zero-order chi connectivity index (χ0) is 24.6. The van der Waals surface area contributed by atoms with E-state index in [0.29, 0.717) is 6.07 Å². The largest absolute Gasteiger partial charge is 0.481 e. The van der Waals surface area contributed by atoms with Gasteiger partial charge in [0.05, 0.1) is 37.2 Å². The zero-order valence-electron chi connectivity index (χ0n) is 17.3. The molecule has 0 fully saturated rings. The Bertz CT molecular complexity index is 1090. The average molecular weight is 492 g/mol. The molecule has 2 rings (SSSR count). The van der Waals surface area contributed by atoms with Crippen molar-refractivity contribution in [2.75, 3.05) is 32.7 Å². The minimum atomic E-state index is -4.71. The number of rotatable bonds is 10. The summed E-state index contributed by atoms with van der Waals surface area (Å²) in [6.45, 7) is -1.18. The van der Waals surface area contributed by atoms with Crippen LogP contribution in [0.5, 0.6) is 11.8 Å². The molecule has 11 nitrogen and oxygen atoms in total. The van der Waals surface area contributed by atoms with E-state index in [9.17, 15) is 31.2 Å². The molecule has 0 radical (unpaired) electrons. The molecule has 2 N–H and O–H groups in total. The summed E-state index contributed by atoms with van der Waals surface area (Å²) in [5, 5.41) is 2.26. The first-order valence-corrected chi connectivity index (χ1v) is 10.5. The van der Waals surface area contributed by atoms with Crippen molar-refractivity contribution in [1.29, 1.82) is 0 Å².